The van der Waals surface area contributed by atoms with E-state index in [9.17, 15) is 18.7 Å². The fourth-order valence-corrected chi connectivity index (χ4v) is 4.42. The molecule has 0 bridgehead atoms. The van der Waals surface area contributed by atoms with Gasteiger partial charge in [-0.2, -0.15) is 0 Å². The van der Waals surface area contributed by atoms with E-state index in [4.69, 9.17) is 9.47 Å². The van der Waals surface area contributed by atoms with Crippen LogP contribution in [0.15, 0.2) is 72.8 Å². The van der Waals surface area contributed by atoms with Gasteiger partial charge in [0.25, 0.3) is 0 Å². The number of hydrogen-bond acceptors (Lipinski definition) is 5. The molecule has 5 rings (SSSR count). The summed E-state index contributed by atoms with van der Waals surface area (Å²) < 4.78 is 38.7. The number of hydrogen-bond donors (Lipinski definition) is 1. The summed E-state index contributed by atoms with van der Waals surface area (Å²) in [6.07, 6.45) is -1.68. The van der Waals surface area contributed by atoms with E-state index < -0.39 is 30.2 Å². The predicted molar refractivity (Wildman–Crippen MR) is 118 cm³/mol. The first kappa shape index (κ1) is 21.2. The second-order valence-corrected chi connectivity index (χ2v) is 8.06. The van der Waals surface area contributed by atoms with Crippen LogP contribution < -0.4 is 9.80 Å². The van der Waals surface area contributed by atoms with Gasteiger partial charge in [0.1, 0.15) is 29.5 Å². The van der Waals surface area contributed by atoms with Gasteiger partial charge in [0, 0.05) is 24.5 Å². The summed E-state index contributed by atoms with van der Waals surface area (Å²) in [5.41, 5.74) is 2.09. The number of halogens is 2. The fourth-order valence-electron chi connectivity index (χ4n) is 4.42. The molecule has 2 aliphatic rings. The number of amides is 1. The first-order chi connectivity index (χ1) is 16.0. The molecular weight excluding hydrogens is 430 g/mol. The Morgan fingerprint density at radius 3 is 2.09 bits per heavy atom. The van der Waals surface area contributed by atoms with Gasteiger partial charge in [0.05, 0.1) is 6.61 Å². The van der Waals surface area contributed by atoms with E-state index in [1.165, 1.54) is 41.3 Å². The fraction of sp³-hybridized carbons (Fsp3) is 0.240. The molecule has 0 radical (unpaired) electrons. The van der Waals surface area contributed by atoms with Crippen molar-refractivity contribution in [3.05, 3.63) is 90.0 Å². The highest BCUT2D eigenvalue weighted by Gasteiger charge is 2.49. The summed E-state index contributed by atoms with van der Waals surface area (Å²) in [5, 5.41) is 9.75. The Hall–Kier alpha value is -3.65. The number of aromatic hydroxyl groups is 1. The molecule has 1 N–H and O–H groups in total. The standard InChI is InChI=1S/C25H22F2N2O4/c26-17-3-7-19(8-4-17)28-13-14-32-22(15-28)24-23(16-1-11-21(30)12-2-16)29(25(31)33-24)20-9-5-18(27)6-10-20/h1-12,22-24,30H,13-15H2/t22-,23-,24-/m1/s1. The van der Waals surface area contributed by atoms with Gasteiger partial charge in [0.2, 0.25) is 0 Å². The quantitative estimate of drug-likeness (QED) is 0.625. The summed E-state index contributed by atoms with van der Waals surface area (Å²) in [6.45, 7) is 1.47. The lowest BCUT2D eigenvalue weighted by molar-refractivity contribution is -0.0419. The Bertz CT molecular complexity index is 1120. The minimum Gasteiger partial charge on any atom is -0.508 e. The van der Waals surface area contributed by atoms with E-state index >= 15 is 0 Å². The highest BCUT2D eigenvalue weighted by molar-refractivity contribution is 5.91. The summed E-state index contributed by atoms with van der Waals surface area (Å²) in [5.74, 6) is -0.615. The van der Waals surface area contributed by atoms with Crippen LogP contribution in [0.1, 0.15) is 11.6 Å². The Kier molecular flexibility index (Phi) is 5.60. The second-order valence-electron chi connectivity index (χ2n) is 8.06. The van der Waals surface area contributed by atoms with Crippen LogP contribution in [0.3, 0.4) is 0 Å². The summed E-state index contributed by atoms with van der Waals surface area (Å²) >= 11 is 0. The van der Waals surface area contributed by atoms with Crippen LogP contribution in [-0.4, -0.2) is 43.1 Å². The Balaban J connectivity index is 1.48. The number of phenols is 1. The summed E-state index contributed by atoms with van der Waals surface area (Å²) in [7, 11) is 0. The average molecular weight is 452 g/mol. The first-order valence-electron chi connectivity index (χ1n) is 10.7. The molecule has 2 heterocycles. The molecule has 3 aromatic carbocycles. The lowest BCUT2D eigenvalue weighted by atomic mass is 9.95. The van der Waals surface area contributed by atoms with Crippen molar-refractivity contribution < 1.29 is 28.2 Å². The number of phenolic OH excluding ortho intramolecular Hbond substituents is 1. The van der Waals surface area contributed by atoms with E-state index in [2.05, 4.69) is 4.90 Å². The Labute approximate surface area is 189 Å². The number of rotatable bonds is 4. The van der Waals surface area contributed by atoms with Crippen LogP contribution in [0.25, 0.3) is 0 Å². The van der Waals surface area contributed by atoms with Crippen LogP contribution in [0, 0.1) is 11.6 Å². The predicted octanol–water partition coefficient (Wildman–Crippen LogP) is 4.64. The molecule has 2 saturated heterocycles. The molecule has 2 fully saturated rings. The van der Waals surface area contributed by atoms with E-state index in [-0.39, 0.29) is 11.6 Å². The number of morpholine rings is 1. The van der Waals surface area contributed by atoms with Crippen LogP contribution in [0.2, 0.25) is 0 Å². The van der Waals surface area contributed by atoms with E-state index in [1.54, 1.807) is 36.4 Å². The number of benzene rings is 3. The largest absolute Gasteiger partial charge is 0.508 e. The van der Waals surface area contributed by atoms with Crippen molar-refractivity contribution in [3.63, 3.8) is 0 Å². The normalized spacial score (nSPS) is 23.0. The zero-order valence-electron chi connectivity index (χ0n) is 17.6. The molecule has 0 aromatic heterocycles. The number of anilines is 2. The van der Waals surface area contributed by atoms with Gasteiger partial charge in [-0.3, -0.25) is 4.90 Å². The Morgan fingerprint density at radius 1 is 0.848 bits per heavy atom. The maximum atomic E-state index is 13.5. The monoisotopic (exact) mass is 452 g/mol. The van der Waals surface area contributed by atoms with Gasteiger partial charge in [-0.1, -0.05) is 12.1 Å². The van der Waals surface area contributed by atoms with E-state index in [0.717, 1.165) is 11.3 Å². The van der Waals surface area contributed by atoms with Gasteiger partial charge in [-0.15, -0.1) is 0 Å². The van der Waals surface area contributed by atoms with Crippen LogP contribution in [-0.2, 0) is 9.47 Å². The van der Waals surface area contributed by atoms with Gasteiger partial charge < -0.3 is 19.5 Å². The smallest absolute Gasteiger partial charge is 0.415 e. The minimum absolute atomic E-state index is 0.102. The molecule has 0 unspecified atom stereocenters. The maximum absolute atomic E-state index is 13.5. The third-order valence-electron chi connectivity index (χ3n) is 6.01. The molecule has 6 nitrogen and oxygen atoms in total. The first-order valence-corrected chi connectivity index (χ1v) is 10.7. The number of nitrogens with zero attached hydrogens (tertiary/aromatic N) is 2. The zero-order chi connectivity index (χ0) is 22.9. The SMILES string of the molecule is O=C1O[C@H]([C@H]2CN(c3ccc(F)cc3)CCO2)[C@@H](c2ccc(O)cc2)N1c1ccc(F)cc1. The molecule has 0 aliphatic carbocycles. The third-order valence-corrected chi connectivity index (χ3v) is 6.01. The number of ether oxygens (including phenoxy) is 2. The van der Waals surface area contributed by atoms with Crippen molar-refractivity contribution in [1.82, 2.24) is 0 Å². The lowest BCUT2D eigenvalue weighted by Gasteiger charge is -2.38. The Morgan fingerprint density at radius 2 is 1.45 bits per heavy atom. The van der Waals surface area contributed by atoms with Crippen molar-refractivity contribution >= 4 is 17.5 Å². The lowest BCUT2D eigenvalue weighted by Crippen LogP contribution is -2.49. The van der Waals surface area contributed by atoms with Gasteiger partial charge in [-0.25, -0.2) is 13.6 Å². The molecule has 0 spiro atoms. The molecular formula is C25H22F2N2O4. The molecule has 3 aromatic rings. The van der Waals surface area contributed by atoms with Crippen LogP contribution >= 0.6 is 0 Å². The van der Waals surface area contributed by atoms with Crippen molar-refractivity contribution in [3.8, 4) is 5.75 Å². The van der Waals surface area contributed by atoms with Crippen molar-refractivity contribution in [1.29, 1.82) is 0 Å². The molecule has 8 heteroatoms. The van der Waals surface area contributed by atoms with Crippen molar-refractivity contribution in [2.75, 3.05) is 29.5 Å². The topological polar surface area (TPSA) is 62.2 Å². The summed E-state index contributed by atoms with van der Waals surface area (Å²) in [6, 6.07) is 17.9. The van der Waals surface area contributed by atoms with Crippen LogP contribution in [0.4, 0.5) is 25.0 Å². The molecule has 170 valence electrons. The summed E-state index contributed by atoms with van der Waals surface area (Å²) in [4.78, 5) is 16.6. The van der Waals surface area contributed by atoms with Crippen molar-refractivity contribution in [2.24, 2.45) is 0 Å². The van der Waals surface area contributed by atoms with Gasteiger partial charge >= 0.3 is 6.09 Å². The molecule has 2 aliphatic heterocycles. The van der Waals surface area contributed by atoms with E-state index in [1.807, 2.05) is 0 Å². The molecule has 3 atom stereocenters. The average Bonchev–Trinajstić information content (AvgIpc) is 3.18. The second kappa shape index (κ2) is 8.71. The molecule has 1 amide bonds. The third kappa shape index (κ3) is 4.21. The van der Waals surface area contributed by atoms with Gasteiger partial charge in [-0.05, 0) is 66.2 Å². The number of cyclic esters (lactones) is 1. The highest BCUT2D eigenvalue weighted by Crippen LogP contribution is 2.40. The molecule has 33 heavy (non-hydrogen) atoms. The van der Waals surface area contributed by atoms with Crippen molar-refractivity contribution in [2.45, 2.75) is 18.2 Å². The zero-order valence-corrected chi connectivity index (χ0v) is 17.6. The number of carbonyl (C=O) groups excluding carboxylic acids is 1. The maximum Gasteiger partial charge on any atom is 0.415 e. The highest BCUT2D eigenvalue weighted by atomic mass is 19.1. The molecule has 0 saturated carbocycles. The van der Waals surface area contributed by atoms with Gasteiger partial charge in [0.15, 0.2) is 6.10 Å². The van der Waals surface area contributed by atoms with Crippen LogP contribution in [0.5, 0.6) is 5.75 Å². The van der Waals surface area contributed by atoms with E-state index in [0.29, 0.717) is 25.4 Å². The minimum atomic E-state index is -0.657. The number of carbonyl (C=O) groups is 1.